The van der Waals surface area contributed by atoms with Crippen molar-refractivity contribution in [2.24, 2.45) is 0 Å². The first-order valence-corrected chi connectivity index (χ1v) is 16.4. The lowest BCUT2D eigenvalue weighted by Gasteiger charge is -2.25. The maximum atomic E-state index is 13.2. The van der Waals surface area contributed by atoms with Crippen molar-refractivity contribution in [3.05, 3.63) is 25.3 Å². The van der Waals surface area contributed by atoms with E-state index in [0.717, 1.165) is 12.7 Å². The van der Waals surface area contributed by atoms with E-state index in [0.29, 0.717) is 0 Å². The molecule has 0 spiro atoms. The Bertz CT molecular complexity index is 1840. The number of aliphatic hydroxyl groups excluding tert-OH is 2. The molecule has 7 rings (SSSR count). The molecule has 3 aliphatic rings. The highest BCUT2D eigenvalue weighted by molar-refractivity contribution is 7.52. The van der Waals surface area contributed by atoms with Gasteiger partial charge in [0.2, 0.25) is 0 Å². The van der Waals surface area contributed by atoms with E-state index in [1.54, 1.807) is 0 Å². The lowest BCUT2D eigenvalue weighted by Crippen LogP contribution is -2.36. The summed E-state index contributed by atoms with van der Waals surface area (Å²) in [6.45, 7) is -1.26. The lowest BCUT2D eigenvalue weighted by molar-refractivity contribution is -0.0641. The third-order valence-electron chi connectivity index (χ3n) is 7.43. The number of nitrogens with zero attached hydrogens (tertiary/aromatic N) is 8. The first-order valence-electron chi connectivity index (χ1n) is 13.2. The summed E-state index contributed by atoms with van der Waals surface area (Å²) in [4.78, 5) is 45.7. The normalized spacial score (nSPS) is 38.0. The Hall–Kier alpha value is -3.24. The number of phosphoric acid groups is 1. The summed E-state index contributed by atoms with van der Waals surface area (Å²) in [5.74, 6) is 0.0888. The quantitative estimate of drug-likeness (QED) is 0.131. The number of aromatic nitrogens is 8. The van der Waals surface area contributed by atoms with Crippen LogP contribution in [0.1, 0.15) is 12.5 Å². The van der Waals surface area contributed by atoms with Crippen LogP contribution < -0.4 is 11.5 Å². The van der Waals surface area contributed by atoms with Gasteiger partial charge >= 0.3 is 15.4 Å². The highest BCUT2D eigenvalue weighted by atomic mass is 31.2. The summed E-state index contributed by atoms with van der Waals surface area (Å²) in [6, 6.07) is 0. The number of phosphoric ester groups is 1. The van der Waals surface area contributed by atoms with Gasteiger partial charge in [0.05, 0.1) is 25.9 Å². The molecule has 0 aromatic carbocycles. The Kier molecular flexibility index (Phi) is 7.59. The minimum Gasteiger partial charge on any atom is -0.387 e. The van der Waals surface area contributed by atoms with Gasteiger partial charge in [-0.3, -0.25) is 27.3 Å². The first-order chi connectivity index (χ1) is 21.4. The van der Waals surface area contributed by atoms with E-state index in [2.05, 4.69) is 29.9 Å². The highest BCUT2D eigenvalue weighted by Gasteiger charge is 2.53. The molecule has 3 aliphatic heterocycles. The van der Waals surface area contributed by atoms with Gasteiger partial charge in [-0.25, -0.2) is 34.5 Å². The van der Waals surface area contributed by atoms with Gasteiger partial charge in [-0.05, 0) is 0 Å². The zero-order chi connectivity index (χ0) is 31.7. The van der Waals surface area contributed by atoms with Crippen molar-refractivity contribution in [3.8, 4) is 0 Å². The average Bonchev–Trinajstić information content (AvgIpc) is 3.74. The minimum atomic E-state index is -5.04. The van der Waals surface area contributed by atoms with E-state index in [1.807, 2.05) is 0 Å². The smallest absolute Gasteiger partial charge is 0.387 e. The highest BCUT2D eigenvalue weighted by Crippen LogP contribution is 2.52. The van der Waals surface area contributed by atoms with Crippen LogP contribution in [0.25, 0.3) is 22.3 Å². The Labute approximate surface area is 251 Å². The van der Waals surface area contributed by atoms with Gasteiger partial charge in [0.15, 0.2) is 35.4 Å². The molecule has 10 atom stereocenters. The SMILES string of the molecule is Nc1ncnc2c1ncn2[C@@H]1O[C@@H]2COP(=O)(O)O[C@H]3[C@H](O)[C@@H](COCP(=O)(O)O[C@@H]1[C@@H]2O)O[C@H]3n1cnc2c(N)ncnc21. The zero-order valence-electron chi connectivity index (χ0n) is 22.7. The second-order valence-corrected chi connectivity index (χ2v) is 13.5. The fraction of sp³-hybridized carbons (Fsp3) is 0.524. The van der Waals surface area contributed by atoms with E-state index < -0.39 is 84.1 Å². The molecule has 0 radical (unpaired) electrons. The summed E-state index contributed by atoms with van der Waals surface area (Å²) < 4.78 is 62.2. The Balaban J connectivity index is 1.21. The number of rotatable bonds is 2. The van der Waals surface area contributed by atoms with E-state index in [9.17, 15) is 29.1 Å². The molecule has 22 nitrogen and oxygen atoms in total. The number of nitrogens with two attached hydrogens (primary N) is 2. The van der Waals surface area contributed by atoms with Crippen LogP contribution in [0.3, 0.4) is 0 Å². The number of ether oxygens (including phenoxy) is 3. The van der Waals surface area contributed by atoms with Crippen LogP contribution in [0, 0.1) is 0 Å². The molecular weight excluding hydrogens is 646 g/mol. The van der Waals surface area contributed by atoms with Crippen LogP contribution in [0.5, 0.6) is 0 Å². The van der Waals surface area contributed by atoms with Gasteiger partial charge in [0.1, 0.15) is 66.7 Å². The lowest BCUT2D eigenvalue weighted by atomic mass is 10.1. The maximum absolute atomic E-state index is 13.2. The summed E-state index contributed by atoms with van der Waals surface area (Å²) in [6.07, 6.45) is -7.83. The fourth-order valence-electron chi connectivity index (χ4n) is 5.36. The number of nitrogen functional groups attached to an aromatic ring is 2. The van der Waals surface area contributed by atoms with Crippen LogP contribution in [0.4, 0.5) is 11.6 Å². The molecule has 0 saturated carbocycles. The molecule has 8 N–H and O–H groups in total. The second-order valence-electron chi connectivity index (χ2n) is 10.3. The molecule has 242 valence electrons. The number of anilines is 2. The van der Waals surface area contributed by atoms with Gasteiger partial charge in [-0.1, -0.05) is 0 Å². The van der Waals surface area contributed by atoms with E-state index >= 15 is 0 Å². The van der Waals surface area contributed by atoms with Crippen LogP contribution in [0.15, 0.2) is 25.3 Å². The van der Waals surface area contributed by atoms with E-state index in [-0.39, 0.29) is 34.0 Å². The molecule has 3 fully saturated rings. The standard InChI is InChI=1S/C21H26N10O12P2/c22-16-10-18(26-3-24-16)30(5-28-10)20-14-13(33)9(41-20)2-39-45(36,37)43-15-12(32)8(1-38-7-44(34,35)42-14)40-21(15)31-6-29-11-17(23)25-4-27-19(11)31/h3-6,8-9,12-15,20-21,32-33H,1-2,7H2,(H,34,35)(H,36,37)(H2,22,24,26)(H2,23,25,27)/t8-,9-,12-,13-,14-,15+,20-,21-/m1/s1. The molecule has 2 unspecified atom stereocenters. The van der Waals surface area contributed by atoms with Crippen molar-refractivity contribution in [2.45, 2.75) is 49.1 Å². The summed E-state index contributed by atoms with van der Waals surface area (Å²) >= 11 is 0. The topological polar surface area (TPSA) is 310 Å². The Morgan fingerprint density at radius 1 is 0.756 bits per heavy atom. The van der Waals surface area contributed by atoms with Crippen molar-refractivity contribution in [1.82, 2.24) is 39.0 Å². The minimum absolute atomic E-state index is 0.0423. The fourth-order valence-corrected chi connectivity index (χ4v) is 7.29. The molecule has 3 saturated heterocycles. The predicted molar refractivity (Wildman–Crippen MR) is 145 cm³/mol. The number of fused-ring (bicyclic) bond motifs is 6. The van der Waals surface area contributed by atoms with Crippen LogP contribution in [-0.2, 0) is 36.9 Å². The van der Waals surface area contributed by atoms with Gasteiger partial charge in [0, 0.05) is 0 Å². The largest absolute Gasteiger partial charge is 0.472 e. The number of imidazole rings is 2. The van der Waals surface area contributed by atoms with Crippen molar-refractivity contribution in [1.29, 1.82) is 0 Å². The van der Waals surface area contributed by atoms with Crippen molar-refractivity contribution < 1.29 is 56.9 Å². The number of hydrogen-bond donors (Lipinski definition) is 6. The molecule has 0 aliphatic carbocycles. The maximum Gasteiger partial charge on any atom is 0.472 e. The van der Waals surface area contributed by atoms with Gasteiger partial charge < -0.3 is 45.7 Å². The molecular formula is C21H26N10O12P2. The van der Waals surface area contributed by atoms with Gasteiger partial charge in [-0.15, -0.1) is 0 Å². The molecule has 7 heterocycles. The molecule has 4 aromatic rings. The Morgan fingerprint density at radius 3 is 1.82 bits per heavy atom. The van der Waals surface area contributed by atoms with Crippen molar-refractivity contribution in [3.63, 3.8) is 0 Å². The third kappa shape index (κ3) is 5.47. The summed E-state index contributed by atoms with van der Waals surface area (Å²) in [5.41, 5.74) is 12.4. The zero-order valence-corrected chi connectivity index (χ0v) is 24.5. The van der Waals surface area contributed by atoms with Crippen molar-refractivity contribution in [2.75, 3.05) is 31.0 Å². The average molecular weight is 672 g/mol. The molecule has 45 heavy (non-hydrogen) atoms. The molecule has 4 aromatic heterocycles. The van der Waals surface area contributed by atoms with Gasteiger partial charge in [0.25, 0.3) is 0 Å². The molecule has 24 heteroatoms. The first kappa shape index (κ1) is 30.4. The van der Waals surface area contributed by atoms with Crippen LogP contribution in [-0.4, -0.2) is 115 Å². The van der Waals surface area contributed by atoms with Crippen molar-refractivity contribution >= 4 is 49.4 Å². The van der Waals surface area contributed by atoms with Crippen LogP contribution in [0.2, 0.25) is 0 Å². The van der Waals surface area contributed by atoms with Crippen LogP contribution >= 0.6 is 15.4 Å². The van der Waals surface area contributed by atoms with E-state index in [1.165, 1.54) is 21.8 Å². The summed E-state index contributed by atoms with van der Waals surface area (Å²) in [5, 5.41) is 22.2. The molecule has 0 amide bonds. The number of hydrogen-bond acceptors (Lipinski definition) is 18. The second kappa shape index (κ2) is 11.2. The van der Waals surface area contributed by atoms with E-state index in [4.69, 9.17) is 39.2 Å². The molecule has 4 bridgehead atoms. The third-order valence-corrected chi connectivity index (χ3v) is 9.49. The Morgan fingerprint density at radius 2 is 1.27 bits per heavy atom. The van der Waals surface area contributed by atoms with Gasteiger partial charge in [-0.2, -0.15) is 0 Å². The number of aliphatic hydroxyl groups is 2. The summed E-state index contributed by atoms with van der Waals surface area (Å²) in [7, 11) is -9.69. The monoisotopic (exact) mass is 672 g/mol. The predicted octanol–water partition coefficient (Wildman–Crippen LogP) is -1.59.